The van der Waals surface area contributed by atoms with Crippen LogP contribution < -0.4 is 10.1 Å². The number of rotatable bonds is 6. The first kappa shape index (κ1) is 13.6. The monoisotopic (exact) mass is 231 g/mol. The molecule has 1 rings (SSSR count). The van der Waals surface area contributed by atoms with Gasteiger partial charge in [0.25, 0.3) is 0 Å². The molecule has 0 bridgehead atoms. The molecule has 0 heterocycles. The van der Waals surface area contributed by atoms with Crippen LogP contribution in [-0.4, -0.2) is 13.7 Å². The van der Waals surface area contributed by atoms with Crippen LogP contribution in [0.25, 0.3) is 0 Å². The van der Waals surface area contributed by atoms with Crippen molar-refractivity contribution in [3.8, 4) is 17.6 Å². The number of ether oxygens (including phenoxy) is 1. The van der Waals surface area contributed by atoms with E-state index in [-0.39, 0.29) is 0 Å². The highest BCUT2D eigenvalue weighted by Crippen LogP contribution is 2.27. The van der Waals surface area contributed by atoms with Gasteiger partial charge >= 0.3 is 0 Å². The standard InChI is InChI=1S/C15H21NO/c1-4-6-7-11-14(16-3)13-10-8-9-12-15(13)17-5-2/h8-10,12,14,16H,5,7,11H2,1-3H3. The van der Waals surface area contributed by atoms with E-state index >= 15 is 0 Å². The zero-order chi connectivity index (χ0) is 12.5. The number of benzene rings is 1. The van der Waals surface area contributed by atoms with Gasteiger partial charge in [-0.05, 0) is 33.4 Å². The first-order valence-corrected chi connectivity index (χ1v) is 6.12. The van der Waals surface area contributed by atoms with Crippen LogP contribution in [0.15, 0.2) is 24.3 Å². The number of hydrogen-bond acceptors (Lipinski definition) is 2. The molecule has 1 aromatic carbocycles. The maximum absolute atomic E-state index is 5.65. The minimum atomic E-state index is 0.304. The van der Waals surface area contributed by atoms with E-state index in [1.165, 1.54) is 5.56 Å². The highest BCUT2D eigenvalue weighted by atomic mass is 16.5. The van der Waals surface area contributed by atoms with Gasteiger partial charge < -0.3 is 10.1 Å². The molecule has 0 amide bonds. The molecule has 2 heteroatoms. The van der Waals surface area contributed by atoms with Crippen molar-refractivity contribution in [3.05, 3.63) is 29.8 Å². The van der Waals surface area contributed by atoms with E-state index in [1.807, 2.05) is 39.1 Å². The molecule has 1 N–H and O–H groups in total. The smallest absolute Gasteiger partial charge is 0.124 e. The van der Waals surface area contributed by atoms with Crippen LogP contribution in [0.4, 0.5) is 0 Å². The van der Waals surface area contributed by atoms with Crippen molar-refractivity contribution in [2.75, 3.05) is 13.7 Å². The summed E-state index contributed by atoms with van der Waals surface area (Å²) in [6.07, 6.45) is 1.91. The van der Waals surface area contributed by atoms with Crippen LogP contribution in [0.1, 0.15) is 38.3 Å². The van der Waals surface area contributed by atoms with E-state index < -0.39 is 0 Å². The van der Waals surface area contributed by atoms with E-state index in [1.54, 1.807) is 0 Å². The second-order valence-corrected chi connectivity index (χ2v) is 3.78. The lowest BCUT2D eigenvalue weighted by molar-refractivity contribution is 0.331. The van der Waals surface area contributed by atoms with Crippen molar-refractivity contribution in [2.24, 2.45) is 0 Å². The summed E-state index contributed by atoms with van der Waals surface area (Å²) in [6.45, 7) is 4.58. The van der Waals surface area contributed by atoms with Gasteiger partial charge in [-0.25, -0.2) is 0 Å². The van der Waals surface area contributed by atoms with Crippen molar-refractivity contribution >= 4 is 0 Å². The predicted molar refractivity (Wildman–Crippen MR) is 72.1 cm³/mol. The molecule has 0 spiro atoms. The van der Waals surface area contributed by atoms with Crippen LogP contribution in [0.2, 0.25) is 0 Å². The maximum atomic E-state index is 5.65. The Morgan fingerprint density at radius 1 is 1.35 bits per heavy atom. The molecule has 0 saturated heterocycles. The molecule has 1 unspecified atom stereocenters. The molecule has 0 saturated carbocycles. The molecule has 92 valence electrons. The lowest BCUT2D eigenvalue weighted by atomic mass is 10.0. The van der Waals surface area contributed by atoms with Gasteiger partial charge in [0.1, 0.15) is 5.75 Å². The van der Waals surface area contributed by atoms with Crippen LogP contribution >= 0.6 is 0 Å². The Bertz CT molecular complexity index is 389. The van der Waals surface area contributed by atoms with Gasteiger partial charge in [0.15, 0.2) is 0 Å². The molecule has 1 aromatic rings. The van der Waals surface area contributed by atoms with Crippen LogP contribution in [0, 0.1) is 11.8 Å². The Morgan fingerprint density at radius 3 is 2.76 bits per heavy atom. The molecule has 0 fully saturated rings. The first-order chi connectivity index (χ1) is 8.33. The third-order valence-corrected chi connectivity index (χ3v) is 2.68. The van der Waals surface area contributed by atoms with E-state index in [0.717, 1.165) is 18.6 Å². The summed E-state index contributed by atoms with van der Waals surface area (Å²) < 4.78 is 5.65. The Hall–Kier alpha value is -1.46. The Labute approximate surface area is 104 Å². The summed E-state index contributed by atoms with van der Waals surface area (Å²) in [5.74, 6) is 7.00. The van der Waals surface area contributed by atoms with Crippen LogP contribution in [0.5, 0.6) is 5.75 Å². The molecule has 0 aliphatic rings. The third kappa shape index (κ3) is 4.13. The zero-order valence-electron chi connectivity index (χ0n) is 10.9. The topological polar surface area (TPSA) is 21.3 Å². The number of para-hydroxylation sites is 1. The SMILES string of the molecule is CC#CCCC(NC)c1ccccc1OCC. The minimum absolute atomic E-state index is 0.304. The molecule has 2 nitrogen and oxygen atoms in total. The molecular formula is C15H21NO. The van der Waals surface area contributed by atoms with E-state index in [2.05, 4.69) is 23.2 Å². The fourth-order valence-electron chi connectivity index (χ4n) is 1.85. The third-order valence-electron chi connectivity index (χ3n) is 2.68. The van der Waals surface area contributed by atoms with Gasteiger partial charge in [-0.1, -0.05) is 18.2 Å². The van der Waals surface area contributed by atoms with E-state index in [0.29, 0.717) is 12.6 Å². The lowest BCUT2D eigenvalue weighted by Crippen LogP contribution is -2.17. The highest BCUT2D eigenvalue weighted by Gasteiger charge is 2.13. The molecule has 1 atom stereocenters. The van der Waals surface area contributed by atoms with Crippen molar-refractivity contribution in [3.63, 3.8) is 0 Å². The summed E-state index contributed by atoms with van der Waals surface area (Å²) in [7, 11) is 1.98. The van der Waals surface area contributed by atoms with Crippen LogP contribution in [0.3, 0.4) is 0 Å². The highest BCUT2D eigenvalue weighted by molar-refractivity contribution is 5.36. The Morgan fingerprint density at radius 2 is 2.12 bits per heavy atom. The number of nitrogens with one attached hydrogen (secondary N) is 1. The van der Waals surface area contributed by atoms with Crippen LogP contribution in [-0.2, 0) is 0 Å². The van der Waals surface area contributed by atoms with Crippen molar-refractivity contribution < 1.29 is 4.74 Å². The number of hydrogen-bond donors (Lipinski definition) is 1. The predicted octanol–water partition coefficient (Wildman–Crippen LogP) is 3.15. The Kier molecular flexibility index (Phi) is 6.21. The van der Waals surface area contributed by atoms with E-state index in [4.69, 9.17) is 4.74 Å². The summed E-state index contributed by atoms with van der Waals surface area (Å²) in [5.41, 5.74) is 1.22. The quantitative estimate of drug-likeness (QED) is 0.759. The van der Waals surface area contributed by atoms with Gasteiger partial charge in [-0.15, -0.1) is 11.8 Å². The zero-order valence-corrected chi connectivity index (χ0v) is 10.9. The maximum Gasteiger partial charge on any atom is 0.124 e. The normalized spacial score (nSPS) is 11.5. The van der Waals surface area contributed by atoms with E-state index in [9.17, 15) is 0 Å². The molecule has 0 aliphatic heterocycles. The Balaban J connectivity index is 2.81. The summed E-state index contributed by atoms with van der Waals surface area (Å²) in [6, 6.07) is 8.50. The molecule has 0 aliphatic carbocycles. The summed E-state index contributed by atoms with van der Waals surface area (Å²) >= 11 is 0. The molecular weight excluding hydrogens is 210 g/mol. The van der Waals surface area contributed by atoms with Crippen molar-refractivity contribution in [1.82, 2.24) is 5.32 Å². The van der Waals surface area contributed by atoms with Crippen molar-refractivity contribution in [1.29, 1.82) is 0 Å². The van der Waals surface area contributed by atoms with Gasteiger partial charge in [0.05, 0.1) is 6.61 Å². The fraction of sp³-hybridized carbons (Fsp3) is 0.467. The molecule has 0 radical (unpaired) electrons. The van der Waals surface area contributed by atoms with Gasteiger partial charge in [-0.2, -0.15) is 0 Å². The average molecular weight is 231 g/mol. The fourth-order valence-corrected chi connectivity index (χ4v) is 1.85. The first-order valence-electron chi connectivity index (χ1n) is 6.12. The summed E-state index contributed by atoms with van der Waals surface area (Å²) in [4.78, 5) is 0. The van der Waals surface area contributed by atoms with Crippen molar-refractivity contribution in [2.45, 2.75) is 32.7 Å². The summed E-state index contributed by atoms with van der Waals surface area (Å²) in [5, 5.41) is 3.33. The second-order valence-electron chi connectivity index (χ2n) is 3.78. The lowest BCUT2D eigenvalue weighted by Gasteiger charge is -2.19. The van der Waals surface area contributed by atoms with Gasteiger partial charge in [0, 0.05) is 18.0 Å². The average Bonchev–Trinajstić information content (AvgIpc) is 2.36. The minimum Gasteiger partial charge on any atom is -0.494 e. The van der Waals surface area contributed by atoms with Gasteiger partial charge in [0.2, 0.25) is 0 Å². The largest absolute Gasteiger partial charge is 0.494 e. The molecule has 17 heavy (non-hydrogen) atoms. The second kappa shape index (κ2) is 7.76. The molecule has 0 aromatic heterocycles. The van der Waals surface area contributed by atoms with Gasteiger partial charge in [-0.3, -0.25) is 0 Å².